The number of hydrogen-bond acceptors (Lipinski definition) is 4. The molecule has 1 aromatic rings. The van der Waals surface area contributed by atoms with Crippen LogP contribution in [-0.4, -0.2) is 24.2 Å². The lowest BCUT2D eigenvalue weighted by Crippen LogP contribution is -2.45. The van der Waals surface area contributed by atoms with Gasteiger partial charge < -0.3 is 14.5 Å². The van der Waals surface area contributed by atoms with Gasteiger partial charge in [0.1, 0.15) is 6.26 Å². The second-order valence-electron chi connectivity index (χ2n) is 2.60. The van der Waals surface area contributed by atoms with Crippen LogP contribution in [0, 0.1) is 0 Å². The van der Waals surface area contributed by atoms with Gasteiger partial charge in [-0.1, -0.05) is 0 Å². The molecule has 4 nitrogen and oxygen atoms in total. The molecule has 1 fully saturated rings. The van der Waals surface area contributed by atoms with Gasteiger partial charge in [0.25, 0.3) is 0 Å². The molecule has 0 saturated carbocycles. The molecule has 4 heteroatoms. The van der Waals surface area contributed by atoms with Gasteiger partial charge in [-0.15, -0.1) is 0 Å². The zero-order valence-electron chi connectivity index (χ0n) is 6.12. The van der Waals surface area contributed by atoms with Crippen molar-refractivity contribution in [3.05, 3.63) is 18.4 Å². The lowest BCUT2D eigenvalue weighted by atomic mass is 10.2. The molecule has 1 N–H and O–H groups in total. The molecule has 0 bridgehead atoms. The van der Waals surface area contributed by atoms with E-state index in [1.54, 1.807) is 6.26 Å². The van der Waals surface area contributed by atoms with Gasteiger partial charge in [0, 0.05) is 6.54 Å². The Hall–Kier alpha value is -0.870. The lowest BCUT2D eigenvalue weighted by Gasteiger charge is -2.26. The maximum Gasteiger partial charge on any atom is 0.180 e. The van der Waals surface area contributed by atoms with Crippen molar-refractivity contribution in [2.75, 3.05) is 13.2 Å². The highest BCUT2D eigenvalue weighted by atomic mass is 16.5. The van der Waals surface area contributed by atoms with Crippen LogP contribution < -0.4 is 5.32 Å². The summed E-state index contributed by atoms with van der Waals surface area (Å²) in [4.78, 5) is 3.98. The van der Waals surface area contributed by atoms with Crippen molar-refractivity contribution < 1.29 is 9.15 Å². The predicted molar refractivity (Wildman–Crippen MR) is 37.9 cm³/mol. The SMILES string of the molecule is c1nc(CNC2COC2)co1. The van der Waals surface area contributed by atoms with Crippen molar-refractivity contribution >= 4 is 0 Å². The average Bonchev–Trinajstić information content (AvgIpc) is 2.36. The van der Waals surface area contributed by atoms with Crippen molar-refractivity contribution in [1.82, 2.24) is 10.3 Å². The van der Waals surface area contributed by atoms with E-state index in [1.165, 1.54) is 6.39 Å². The molecule has 0 spiro atoms. The minimum atomic E-state index is 0.506. The Labute approximate surface area is 64.6 Å². The van der Waals surface area contributed by atoms with Gasteiger partial charge >= 0.3 is 0 Å². The minimum absolute atomic E-state index is 0.506. The average molecular weight is 154 g/mol. The van der Waals surface area contributed by atoms with Crippen LogP contribution in [0.5, 0.6) is 0 Å². The molecule has 1 aliphatic rings. The minimum Gasteiger partial charge on any atom is -0.451 e. The van der Waals surface area contributed by atoms with Gasteiger partial charge in [-0.2, -0.15) is 0 Å². The van der Waals surface area contributed by atoms with E-state index in [1.807, 2.05) is 0 Å². The van der Waals surface area contributed by atoms with E-state index >= 15 is 0 Å². The van der Waals surface area contributed by atoms with E-state index in [2.05, 4.69) is 10.3 Å². The fourth-order valence-corrected chi connectivity index (χ4v) is 0.927. The summed E-state index contributed by atoms with van der Waals surface area (Å²) in [6, 6.07) is 0.506. The second-order valence-corrected chi connectivity index (χ2v) is 2.60. The molecule has 60 valence electrons. The van der Waals surface area contributed by atoms with Gasteiger partial charge in [0.2, 0.25) is 0 Å². The van der Waals surface area contributed by atoms with E-state index in [4.69, 9.17) is 9.15 Å². The number of oxazole rings is 1. The normalized spacial score (nSPS) is 18.2. The molecule has 1 aromatic heterocycles. The van der Waals surface area contributed by atoms with Gasteiger partial charge in [-0.05, 0) is 0 Å². The Morgan fingerprint density at radius 3 is 3.09 bits per heavy atom. The summed E-state index contributed by atoms with van der Waals surface area (Å²) in [5.74, 6) is 0. The number of ether oxygens (including phenoxy) is 1. The van der Waals surface area contributed by atoms with E-state index < -0.39 is 0 Å². The van der Waals surface area contributed by atoms with Crippen LogP contribution >= 0.6 is 0 Å². The highest BCUT2D eigenvalue weighted by molar-refractivity contribution is 4.91. The summed E-state index contributed by atoms with van der Waals surface area (Å²) < 4.78 is 9.81. The first-order valence-electron chi connectivity index (χ1n) is 3.63. The van der Waals surface area contributed by atoms with Crippen molar-refractivity contribution in [2.45, 2.75) is 12.6 Å². The van der Waals surface area contributed by atoms with Gasteiger partial charge in [-0.25, -0.2) is 4.98 Å². The van der Waals surface area contributed by atoms with Crippen LogP contribution in [-0.2, 0) is 11.3 Å². The Morgan fingerprint density at radius 1 is 1.64 bits per heavy atom. The molecular formula is C7H10N2O2. The van der Waals surface area contributed by atoms with E-state index in [0.717, 1.165) is 25.5 Å². The molecule has 11 heavy (non-hydrogen) atoms. The zero-order chi connectivity index (χ0) is 7.52. The lowest BCUT2D eigenvalue weighted by molar-refractivity contribution is -0.00591. The molecular weight excluding hydrogens is 144 g/mol. The summed E-state index contributed by atoms with van der Waals surface area (Å²) in [5.41, 5.74) is 0.942. The first-order chi connectivity index (χ1) is 5.45. The number of aromatic nitrogens is 1. The van der Waals surface area contributed by atoms with Crippen LogP contribution in [0.25, 0.3) is 0 Å². The highest BCUT2D eigenvalue weighted by Gasteiger charge is 2.17. The molecule has 0 amide bonds. The third-order valence-electron chi connectivity index (χ3n) is 1.69. The van der Waals surface area contributed by atoms with Gasteiger partial charge in [-0.3, -0.25) is 0 Å². The Balaban J connectivity index is 1.74. The Bertz CT molecular complexity index is 206. The summed E-state index contributed by atoms with van der Waals surface area (Å²) in [5, 5.41) is 3.27. The van der Waals surface area contributed by atoms with Crippen LogP contribution in [0.4, 0.5) is 0 Å². The Kier molecular flexibility index (Phi) is 1.87. The van der Waals surface area contributed by atoms with Gasteiger partial charge in [0.15, 0.2) is 6.39 Å². The predicted octanol–water partition coefficient (Wildman–Crippen LogP) is 0.163. The van der Waals surface area contributed by atoms with E-state index in [-0.39, 0.29) is 0 Å². The third kappa shape index (κ3) is 1.58. The largest absolute Gasteiger partial charge is 0.451 e. The molecule has 2 heterocycles. The summed E-state index contributed by atoms with van der Waals surface area (Å²) in [7, 11) is 0. The summed E-state index contributed by atoms with van der Waals surface area (Å²) in [6.07, 6.45) is 3.08. The van der Waals surface area contributed by atoms with Crippen LogP contribution in [0.15, 0.2) is 17.1 Å². The Morgan fingerprint density at radius 2 is 2.55 bits per heavy atom. The van der Waals surface area contributed by atoms with Crippen molar-refractivity contribution in [3.8, 4) is 0 Å². The number of nitrogens with one attached hydrogen (secondary N) is 1. The van der Waals surface area contributed by atoms with Crippen LogP contribution in [0.2, 0.25) is 0 Å². The molecule has 0 aliphatic carbocycles. The highest BCUT2D eigenvalue weighted by Crippen LogP contribution is 2.01. The standard InChI is InChI=1S/C7H10N2O2/c1(6-2-11-5-9-6)8-7-3-10-4-7/h2,5,7-8H,1,3-4H2. The maximum atomic E-state index is 5.00. The number of rotatable bonds is 3. The molecule has 1 saturated heterocycles. The number of nitrogens with zero attached hydrogens (tertiary/aromatic N) is 1. The molecule has 2 rings (SSSR count). The zero-order valence-corrected chi connectivity index (χ0v) is 6.12. The van der Waals surface area contributed by atoms with Crippen molar-refractivity contribution in [1.29, 1.82) is 0 Å². The van der Waals surface area contributed by atoms with E-state index in [9.17, 15) is 0 Å². The summed E-state index contributed by atoms with van der Waals surface area (Å²) in [6.45, 7) is 2.40. The topological polar surface area (TPSA) is 47.3 Å². The second kappa shape index (κ2) is 3.02. The molecule has 0 unspecified atom stereocenters. The fourth-order valence-electron chi connectivity index (χ4n) is 0.927. The maximum absolute atomic E-state index is 5.00. The quantitative estimate of drug-likeness (QED) is 0.673. The van der Waals surface area contributed by atoms with E-state index in [0.29, 0.717) is 6.04 Å². The molecule has 0 radical (unpaired) electrons. The van der Waals surface area contributed by atoms with Gasteiger partial charge in [0.05, 0.1) is 24.9 Å². The smallest absolute Gasteiger partial charge is 0.180 e. The summed E-state index contributed by atoms with van der Waals surface area (Å²) >= 11 is 0. The monoisotopic (exact) mass is 154 g/mol. The third-order valence-corrected chi connectivity index (χ3v) is 1.69. The fraction of sp³-hybridized carbons (Fsp3) is 0.571. The van der Waals surface area contributed by atoms with Crippen LogP contribution in [0.1, 0.15) is 5.69 Å². The molecule has 0 atom stereocenters. The van der Waals surface area contributed by atoms with Crippen LogP contribution in [0.3, 0.4) is 0 Å². The number of hydrogen-bond donors (Lipinski definition) is 1. The molecule has 1 aliphatic heterocycles. The first-order valence-corrected chi connectivity index (χ1v) is 3.63. The van der Waals surface area contributed by atoms with Crippen molar-refractivity contribution in [3.63, 3.8) is 0 Å². The van der Waals surface area contributed by atoms with Crippen molar-refractivity contribution in [2.24, 2.45) is 0 Å². The first kappa shape index (κ1) is 6.82. The molecule has 0 aromatic carbocycles.